The topological polar surface area (TPSA) is 143 Å². The Morgan fingerprint density at radius 2 is 1.59 bits per heavy atom. The summed E-state index contributed by atoms with van der Waals surface area (Å²) >= 11 is 0. The number of halogens is 2. The summed E-state index contributed by atoms with van der Waals surface area (Å²) in [6.07, 6.45) is 23.7. The second kappa shape index (κ2) is 40.3. The Morgan fingerprint density at radius 1 is 0.894 bits per heavy atom. The number of nitrogens with one attached hydrogen (secondary N) is 3. The van der Waals surface area contributed by atoms with Crippen LogP contribution in [0.15, 0.2) is 30.5 Å². The third-order valence-corrected chi connectivity index (χ3v) is 17.1. The van der Waals surface area contributed by atoms with E-state index < -0.39 is 23.9 Å². The number of amides is 2. The zero-order valence-electron chi connectivity index (χ0n) is 56.1. The van der Waals surface area contributed by atoms with Gasteiger partial charge in [-0.25, -0.2) is 14.2 Å². The summed E-state index contributed by atoms with van der Waals surface area (Å²) in [7, 11) is 3.71. The number of likely N-dealkylation sites (N-methyl/N-ethyl adjacent to an activating group) is 1. The number of rotatable bonds is 27. The zero-order chi connectivity index (χ0) is 63.0. The summed E-state index contributed by atoms with van der Waals surface area (Å²) in [5.41, 5.74) is 8.63. The van der Waals surface area contributed by atoms with Crippen LogP contribution in [0.3, 0.4) is 0 Å². The van der Waals surface area contributed by atoms with Crippen LogP contribution in [0.1, 0.15) is 222 Å². The van der Waals surface area contributed by atoms with E-state index in [2.05, 4.69) is 100 Å². The number of hydrazine groups is 1. The number of nitrogens with zero attached hydrogens (tertiary/aromatic N) is 5. The van der Waals surface area contributed by atoms with Gasteiger partial charge in [-0.15, -0.1) is 0 Å². The van der Waals surface area contributed by atoms with Crippen LogP contribution in [-0.4, -0.2) is 136 Å². The number of alkyl halides is 2. The quantitative estimate of drug-likeness (QED) is 0.0628. The van der Waals surface area contributed by atoms with Gasteiger partial charge in [0.25, 0.3) is 18.3 Å². The lowest BCUT2D eigenvalue weighted by atomic mass is 9.84. The Hall–Kier alpha value is -4.22. The van der Waals surface area contributed by atoms with Crippen molar-refractivity contribution < 1.29 is 37.4 Å². The average molecular weight is 1200 g/mol. The first-order chi connectivity index (χ1) is 40.7. The van der Waals surface area contributed by atoms with Gasteiger partial charge in [-0.3, -0.25) is 29.3 Å². The molecule has 0 spiro atoms. The van der Waals surface area contributed by atoms with Gasteiger partial charge < -0.3 is 34.3 Å². The zero-order valence-corrected chi connectivity index (χ0v) is 56.1. The van der Waals surface area contributed by atoms with E-state index in [1.54, 1.807) is 16.7 Å². The second-order valence-corrected chi connectivity index (χ2v) is 25.5. The first-order valence-electron chi connectivity index (χ1n) is 33.4. The molecule has 486 valence electrons. The molecular formula is C69H120F2N8O6. The summed E-state index contributed by atoms with van der Waals surface area (Å²) in [4.78, 5) is 46.3. The van der Waals surface area contributed by atoms with Crippen LogP contribution in [0.5, 0.6) is 0 Å². The number of hydrogen-bond acceptors (Lipinski definition) is 11. The molecular weight excluding hydrogens is 1070 g/mol. The molecule has 3 aromatic rings. The van der Waals surface area contributed by atoms with Crippen molar-refractivity contribution in [3.63, 3.8) is 0 Å². The maximum absolute atomic E-state index is 14.9. The van der Waals surface area contributed by atoms with Crippen LogP contribution < -0.4 is 21.0 Å². The second-order valence-electron chi connectivity index (χ2n) is 25.5. The number of hydrogen-bond donors (Lipinski definition) is 3. The SMILES string of the molecule is CC(NC(=O)C(C1CCCC1)N(C)CCC1CCNC1)C(=O)N1CCCCN1.CCCC.CCCC(C)CC.CCCCC.CCCc1cnc(C(C)OC)c(-c2c(CC(C)(C)COC=O)c3cc(N4CCOCC4)ccc3n2CC(C)(F)F)c1. The molecule has 3 aliphatic heterocycles. The summed E-state index contributed by atoms with van der Waals surface area (Å²) in [5.74, 6) is -0.888. The highest BCUT2D eigenvalue weighted by atomic mass is 19.3. The van der Waals surface area contributed by atoms with E-state index in [1.165, 1.54) is 70.6 Å². The average Bonchev–Trinajstić information content (AvgIpc) is 1.84. The molecule has 3 N–H and O–H groups in total. The fraction of sp³-hybridized carbons (Fsp3) is 0.768. The third-order valence-electron chi connectivity index (χ3n) is 17.1. The van der Waals surface area contributed by atoms with Crippen LogP contribution in [0.25, 0.3) is 22.2 Å². The van der Waals surface area contributed by atoms with Crippen LogP contribution in [-0.2, 0) is 48.0 Å². The number of aryl methyl sites for hydroxylation is 1. The van der Waals surface area contributed by atoms with Crippen LogP contribution in [0.4, 0.5) is 14.5 Å². The van der Waals surface area contributed by atoms with Crippen LogP contribution in [0, 0.1) is 23.2 Å². The van der Waals surface area contributed by atoms with Gasteiger partial charge in [-0.2, -0.15) is 0 Å². The van der Waals surface area contributed by atoms with E-state index >= 15 is 0 Å². The Morgan fingerprint density at radius 3 is 2.12 bits per heavy atom. The van der Waals surface area contributed by atoms with Crippen molar-refractivity contribution in [1.82, 2.24) is 35.5 Å². The molecule has 14 nitrogen and oxygen atoms in total. The third kappa shape index (κ3) is 25.8. The Balaban J connectivity index is 0.000000368. The molecule has 5 unspecified atom stereocenters. The van der Waals surface area contributed by atoms with E-state index in [0.29, 0.717) is 43.4 Å². The van der Waals surface area contributed by atoms with Crippen LogP contribution in [0.2, 0.25) is 0 Å². The molecule has 2 amide bonds. The molecule has 3 saturated heterocycles. The van der Waals surface area contributed by atoms with E-state index in [-0.39, 0.29) is 30.6 Å². The number of unbranched alkanes of at least 4 members (excludes halogenated alkanes) is 3. The lowest BCUT2D eigenvalue weighted by molar-refractivity contribution is -0.141. The molecule has 16 heteroatoms. The summed E-state index contributed by atoms with van der Waals surface area (Å²) < 4.78 is 48.0. The fourth-order valence-electron chi connectivity index (χ4n) is 11.8. The minimum Gasteiger partial charge on any atom is -0.467 e. The van der Waals surface area contributed by atoms with Gasteiger partial charge in [0.05, 0.1) is 49.9 Å². The lowest BCUT2D eigenvalue weighted by Crippen LogP contribution is -2.57. The normalized spacial score (nSPS) is 17.9. The highest BCUT2D eigenvalue weighted by Gasteiger charge is 2.37. The van der Waals surface area contributed by atoms with Crippen molar-refractivity contribution >= 4 is 34.9 Å². The Bertz CT molecular complexity index is 2320. The number of pyridine rings is 1. The van der Waals surface area contributed by atoms with E-state index in [0.717, 1.165) is 143 Å². The molecule has 0 radical (unpaired) electrons. The van der Waals surface area contributed by atoms with Crippen molar-refractivity contribution in [1.29, 1.82) is 0 Å². The van der Waals surface area contributed by atoms with Crippen molar-refractivity contribution in [3.8, 4) is 11.3 Å². The maximum atomic E-state index is 14.9. The van der Waals surface area contributed by atoms with Crippen molar-refractivity contribution in [2.24, 2.45) is 23.2 Å². The molecule has 1 saturated carbocycles. The summed E-state index contributed by atoms with van der Waals surface area (Å²) in [6.45, 7) is 34.1. The van der Waals surface area contributed by atoms with Crippen LogP contribution >= 0.6 is 0 Å². The van der Waals surface area contributed by atoms with Crippen molar-refractivity contribution in [2.45, 2.75) is 243 Å². The van der Waals surface area contributed by atoms with E-state index in [4.69, 9.17) is 19.2 Å². The number of benzene rings is 1. The number of ether oxygens (including phenoxy) is 3. The molecule has 2 aromatic heterocycles. The number of carbonyl (C=O) groups is 3. The van der Waals surface area contributed by atoms with Gasteiger partial charge in [0.1, 0.15) is 6.04 Å². The molecule has 4 fully saturated rings. The van der Waals surface area contributed by atoms with Gasteiger partial charge in [0.15, 0.2) is 0 Å². The monoisotopic (exact) mass is 1190 g/mol. The predicted octanol–water partition coefficient (Wildman–Crippen LogP) is 14.5. The minimum atomic E-state index is -2.96. The first kappa shape index (κ1) is 75.0. The van der Waals surface area contributed by atoms with Gasteiger partial charge in [-0.1, -0.05) is 140 Å². The Labute approximate surface area is 514 Å². The van der Waals surface area contributed by atoms with E-state index in [9.17, 15) is 23.2 Å². The molecule has 4 aliphatic rings. The minimum absolute atomic E-state index is 0.0248. The van der Waals surface area contributed by atoms with Gasteiger partial charge in [0.2, 0.25) is 5.91 Å². The molecule has 5 atom stereocenters. The highest BCUT2D eigenvalue weighted by Crippen LogP contribution is 2.43. The lowest BCUT2D eigenvalue weighted by Gasteiger charge is -2.34. The molecule has 1 aliphatic carbocycles. The molecule has 5 heterocycles. The van der Waals surface area contributed by atoms with E-state index in [1.807, 2.05) is 46.0 Å². The maximum Gasteiger partial charge on any atom is 0.293 e. The number of carbonyl (C=O) groups excluding carboxylic acids is 3. The molecule has 0 bridgehead atoms. The number of anilines is 1. The van der Waals surface area contributed by atoms with Gasteiger partial charge >= 0.3 is 0 Å². The van der Waals surface area contributed by atoms with Crippen molar-refractivity contribution in [3.05, 3.63) is 47.3 Å². The highest BCUT2D eigenvalue weighted by molar-refractivity contribution is 5.95. The predicted molar refractivity (Wildman–Crippen MR) is 348 cm³/mol. The van der Waals surface area contributed by atoms with Gasteiger partial charge in [0, 0.05) is 74.0 Å². The fourth-order valence-corrected chi connectivity index (χ4v) is 11.8. The molecule has 85 heavy (non-hydrogen) atoms. The smallest absolute Gasteiger partial charge is 0.293 e. The number of fused-ring (bicyclic) bond motifs is 1. The van der Waals surface area contributed by atoms with Crippen molar-refractivity contribution in [2.75, 3.05) is 84.7 Å². The summed E-state index contributed by atoms with van der Waals surface area (Å²) in [6, 6.07) is 7.55. The summed E-state index contributed by atoms with van der Waals surface area (Å²) in [5, 5.41) is 9.05. The number of methoxy groups -OCH3 is 1. The molecule has 7 rings (SSSR count). The number of morpholine rings is 1. The number of aromatic nitrogens is 2. The largest absolute Gasteiger partial charge is 0.467 e. The van der Waals surface area contributed by atoms with Gasteiger partial charge in [-0.05, 0) is 145 Å². The first-order valence-corrected chi connectivity index (χ1v) is 33.4. The Kier molecular flexibility index (Phi) is 35.6. The standard InChI is InChI=1S/C32H43F2N3O4.C21H39N5O2.C7H16.C5H12.C4H10/c1-7-8-23-15-26(29(35-18-23)22(2)39-6)30-27(17-31(3,4)20-41-21-38)25-16-24(36-11-13-40-14-12-36)9-10-28(25)37(30)19-32(5,33)34;1-16(21(28)26-13-6-5-11-23-26)24-20(27)19(18-7-3-4-8-18)25(2)14-10-17-9-12-22-15-17;1-4-6-7(3)5-2;1-3-5-4-2;1-3-4-2/h9-10,15-16,18,21-22H,7-8,11-14,17,19-20H2,1-6H3;16-19,22-23H,3-15H2,1-2H3,(H,24,27);7H,4-6H2,1-3H3;3-5H2,1-2H3;3-4H2,1-2H3. The molecule has 1 aromatic carbocycles.